The second-order valence-electron chi connectivity index (χ2n) is 5.44. The second kappa shape index (κ2) is 5.68. The quantitative estimate of drug-likeness (QED) is 0.854. The zero-order chi connectivity index (χ0) is 15.9. The molecule has 2 heterocycles. The first-order chi connectivity index (χ1) is 10.5. The Balaban J connectivity index is 2.02. The zero-order valence-electron chi connectivity index (χ0n) is 12.4. The number of aromatic nitrogens is 3. The van der Waals surface area contributed by atoms with Gasteiger partial charge in [0.1, 0.15) is 24.5 Å². The third-order valence-electron chi connectivity index (χ3n) is 4.11. The van der Waals surface area contributed by atoms with E-state index in [0.29, 0.717) is 17.8 Å². The van der Waals surface area contributed by atoms with Crippen molar-refractivity contribution in [3.8, 4) is 0 Å². The number of carbonyl (C=O) groups excluding carboxylic acids is 1. The number of nitrogens with zero attached hydrogens (tertiary/aromatic N) is 4. The van der Waals surface area contributed by atoms with E-state index in [1.807, 2.05) is 0 Å². The number of rotatable bonds is 2. The highest BCUT2D eigenvalue weighted by atomic mass is 35.5. The summed E-state index contributed by atoms with van der Waals surface area (Å²) in [5.41, 5.74) is 2.00. The van der Waals surface area contributed by atoms with Gasteiger partial charge in [0.15, 0.2) is 0 Å². The van der Waals surface area contributed by atoms with Crippen molar-refractivity contribution in [2.45, 2.75) is 32.7 Å². The van der Waals surface area contributed by atoms with E-state index in [0.717, 1.165) is 18.4 Å². The van der Waals surface area contributed by atoms with Crippen LogP contribution in [0.15, 0.2) is 18.7 Å². The zero-order valence-corrected chi connectivity index (χ0v) is 13.1. The molecule has 1 aromatic carbocycles. The normalized spacial score (nSPS) is 15.5. The molecule has 1 aliphatic rings. The molecule has 1 amide bonds. The van der Waals surface area contributed by atoms with E-state index in [9.17, 15) is 9.18 Å². The van der Waals surface area contributed by atoms with Crippen LogP contribution in [0.5, 0.6) is 0 Å². The van der Waals surface area contributed by atoms with E-state index in [-0.39, 0.29) is 16.7 Å². The first kappa shape index (κ1) is 15.0. The van der Waals surface area contributed by atoms with Gasteiger partial charge >= 0.3 is 0 Å². The predicted molar refractivity (Wildman–Crippen MR) is 81.6 cm³/mol. The van der Waals surface area contributed by atoms with Gasteiger partial charge in [0.25, 0.3) is 5.91 Å². The summed E-state index contributed by atoms with van der Waals surface area (Å²) in [5.74, 6) is -0.457. The number of hydrogen-bond donors (Lipinski definition) is 0. The van der Waals surface area contributed by atoms with E-state index in [4.69, 9.17) is 11.6 Å². The minimum absolute atomic E-state index is 0.126. The van der Waals surface area contributed by atoms with E-state index in [1.165, 1.54) is 23.4 Å². The van der Waals surface area contributed by atoms with Gasteiger partial charge in [-0.25, -0.2) is 14.1 Å². The number of fused-ring (bicyclic) bond motifs is 1. The Morgan fingerprint density at radius 1 is 1.50 bits per heavy atom. The molecule has 0 bridgehead atoms. The van der Waals surface area contributed by atoms with E-state index in [2.05, 4.69) is 10.1 Å². The van der Waals surface area contributed by atoms with Crippen LogP contribution in [0, 0.1) is 12.7 Å². The van der Waals surface area contributed by atoms with Crippen molar-refractivity contribution in [3.63, 3.8) is 0 Å². The summed E-state index contributed by atoms with van der Waals surface area (Å²) in [5, 5.41) is 4.28. The lowest BCUT2D eigenvalue weighted by molar-refractivity contribution is -0.121. The molecule has 7 heteroatoms. The average Bonchev–Trinajstić information content (AvgIpc) is 3.05. The van der Waals surface area contributed by atoms with Gasteiger partial charge in [0.05, 0.1) is 10.7 Å². The van der Waals surface area contributed by atoms with E-state index >= 15 is 0 Å². The molecule has 5 nitrogen and oxygen atoms in total. The predicted octanol–water partition coefficient (Wildman–Crippen LogP) is 2.92. The maximum absolute atomic E-state index is 13.9. The number of benzene rings is 1. The highest BCUT2D eigenvalue weighted by Gasteiger charge is 2.31. The van der Waals surface area contributed by atoms with Gasteiger partial charge in [-0.2, -0.15) is 5.10 Å². The van der Waals surface area contributed by atoms with Crippen molar-refractivity contribution < 1.29 is 9.18 Å². The van der Waals surface area contributed by atoms with Gasteiger partial charge in [0, 0.05) is 6.54 Å². The molecule has 1 unspecified atom stereocenters. The number of anilines is 1. The van der Waals surface area contributed by atoms with Crippen molar-refractivity contribution in [2.75, 3.05) is 11.4 Å². The van der Waals surface area contributed by atoms with Crippen LogP contribution in [-0.4, -0.2) is 27.2 Å². The molecule has 1 aromatic heterocycles. The smallest absolute Gasteiger partial charge is 0.251 e. The average molecular weight is 323 g/mol. The van der Waals surface area contributed by atoms with Gasteiger partial charge in [-0.15, -0.1) is 0 Å². The van der Waals surface area contributed by atoms with Gasteiger partial charge < -0.3 is 4.90 Å². The SMILES string of the molecule is Cc1c(F)cc(Cl)c2c1CCCN2C(=O)C(C)n1cncn1. The maximum Gasteiger partial charge on any atom is 0.251 e. The highest BCUT2D eigenvalue weighted by Crippen LogP contribution is 2.38. The van der Waals surface area contributed by atoms with Crippen LogP contribution >= 0.6 is 11.6 Å². The number of hydrogen-bond acceptors (Lipinski definition) is 3. The van der Waals surface area contributed by atoms with Crippen molar-refractivity contribution in [2.24, 2.45) is 0 Å². The molecule has 0 saturated heterocycles. The second-order valence-corrected chi connectivity index (χ2v) is 5.84. The molecule has 0 saturated carbocycles. The Bertz CT molecular complexity index is 717. The van der Waals surface area contributed by atoms with Crippen LogP contribution in [0.2, 0.25) is 5.02 Å². The first-order valence-electron chi connectivity index (χ1n) is 7.13. The van der Waals surface area contributed by atoms with Crippen molar-refractivity contribution in [1.82, 2.24) is 14.8 Å². The molecule has 1 atom stereocenters. The van der Waals surface area contributed by atoms with Crippen LogP contribution < -0.4 is 4.90 Å². The lowest BCUT2D eigenvalue weighted by Crippen LogP contribution is -2.40. The molecule has 0 spiro atoms. The maximum atomic E-state index is 13.9. The van der Waals surface area contributed by atoms with Crippen molar-refractivity contribution in [3.05, 3.63) is 40.7 Å². The monoisotopic (exact) mass is 322 g/mol. The molecule has 3 rings (SSSR count). The van der Waals surface area contributed by atoms with Crippen LogP contribution in [-0.2, 0) is 11.2 Å². The van der Waals surface area contributed by atoms with E-state index in [1.54, 1.807) is 18.7 Å². The third kappa shape index (κ3) is 2.37. The summed E-state index contributed by atoms with van der Waals surface area (Å²) in [7, 11) is 0. The summed E-state index contributed by atoms with van der Waals surface area (Å²) < 4.78 is 15.4. The minimum atomic E-state index is -0.491. The molecule has 0 fully saturated rings. The number of amides is 1. The molecule has 22 heavy (non-hydrogen) atoms. The molecule has 0 radical (unpaired) electrons. The largest absolute Gasteiger partial charge is 0.309 e. The van der Waals surface area contributed by atoms with Gasteiger partial charge in [-0.1, -0.05) is 11.6 Å². The van der Waals surface area contributed by atoms with Gasteiger partial charge in [0.2, 0.25) is 0 Å². The van der Waals surface area contributed by atoms with Crippen molar-refractivity contribution >= 4 is 23.2 Å². The Morgan fingerprint density at radius 2 is 2.27 bits per heavy atom. The Hall–Kier alpha value is -1.95. The fourth-order valence-corrected chi connectivity index (χ4v) is 3.17. The number of halogens is 2. The van der Waals surface area contributed by atoms with Crippen LogP contribution in [0.4, 0.5) is 10.1 Å². The Labute approximate surface area is 132 Å². The third-order valence-corrected chi connectivity index (χ3v) is 4.40. The summed E-state index contributed by atoms with van der Waals surface area (Å²) in [4.78, 5) is 18.3. The summed E-state index contributed by atoms with van der Waals surface area (Å²) in [6.45, 7) is 4.05. The first-order valence-corrected chi connectivity index (χ1v) is 7.51. The van der Waals surface area contributed by atoms with Gasteiger partial charge in [-0.05, 0) is 43.9 Å². The molecule has 0 aliphatic carbocycles. The molecule has 0 N–H and O–H groups in total. The fourth-order valence-electron chi connectivity index (χ4n) is 2.85. The molecule has 1 aliphatic heterocycles. The summed E-state index contributed by atoms with van der Waals surface area (Å²) >= 11 is 6.22. The topological polar surface area (TPSA) is 51.0 Å². The van der Waals surface area contributed by atoms with Crippen LogP contribution in [0.1, 0.15) is 30.5 Å². The molecule has 116 valence electrons. The molecular weight excluding hydrogens is 307 g/mol. The van der Waals surface area contributed by atoms with Crippen molar-refractivity contribution in [1.29, 1.82) is 0 Å². The Morgan fingerprint density at radius 3 is 2.95 bits per heavy atom. The van der Waals surface area contributed by atoms with Crippen LogP contribution in [0.3, 0.4) is 0 Å². The number of carbonyl (C=O) groups is 1. The fraction of sp³-hybridized carbons (Fsp3) is 0.400. The van der Waals surface area contributed by atoms with Crippen LogP contribution in [0.25, 0.3) is 0 Å². The standard InChI is InChI=1S/C15H16ClFN4O/c1-9-11-4-3-5-20(14(11)12(16)6-13(9)17)15(22)10(2)21-8-18-7-19-21/h6-8,10H,3-5H2,1-2H3. The lowest BCUT2D eigenvalue weighted by atomic mass is 9.96. The highest BCUT2D eigenvalue weighted by molar-refractivity contribution is 6.34. The van der Waals surface area contributed by atoms with Gasteiger partial charge in [-0.3, -0.25) is 4.79 Å². The molecule has 2 aromatic rings. The Kier molecular flexibility index (Phi) is 3.87. The summed E-state index contributed by atoms with van der Waals surface area (Å²) in [6.07, 6.45) is 4.40. The lowest BCUT2D eigenvalue weighted by Gasteiger charge is -2.33. The summed E-state index contributed by atoms with van der Waals surface area (Å²) in [6, 6.07) is 0.788. The molecular formula is C15H16ClFN4O. The minimum Gasteiger partial charge on any atom is -0.309 e. The van der Waals surface area contributed by atoms with E-state index < -0.39 is 6.04 Å².